The Labute approximate surface area is 128 Å². The first-order valence-electron chi connectivity index (χ1n) is 6.84. The largest absolute Gasteiger partial charge is 0.378 e. The number of alkyl halides is 1. The molecule has 1 saturated carbocycles. The van der Waals surface area contributed by atoms with Crippen LogP contribution in [0.15, 0.2) is 12.1 Å². The first-order chi connectivity index (χ1) is 9.53. The van der Waals surface area contributed by atoms with Crippen molar-refractivity contribution < 1.29 is 9.53 Å². The van der Waals surface area contributed by atoms with Gasteiger partial charge in [0.1, 0.15) is 0 Å². The number of anilines is 1. The van der Waals surface area contributed by atoms with Gasteiger partial charge in [0.25, 0.3) is 0 Å². The summed E-state index contributed by atoms with van der Waals surface area (Å²) in [6.07, 6.45) is 4.45. The van der Waals surface area contributed by atoms with Crippen LogP contribution in [0.1, 0.15) is 42.2 Å². The summed E-state index contributed by atoms with van der Waals surface area (Å²) in [6, 6.07) is 3.75. The molecule has 0 radical (unpaired) electrons. The van der Waals surface area contributed by atoms with Crippen molar-refractivity contribution in [3.8, 4) is 0 Å². The van der Waals surface area contributed by atoms with Crippen LogP contribution in [0, 0.1) is 0 Å². The van der Waals surface area contributed by atoms with E-state index in [1.807, 2.05) is 6.07 Å². The van der Waals surface area contributed by atoms with Crippen LogP contribution in [0.5, 0.6) is 0 Å². The number of nitrogens with one attached hydrogen (secondary N) is 1. The molecule has 1 aliphatic heterocycles. The van der Waals surface area contributed by atoms with E-state index in [2.05, 4.69) is 5.32 Å². The summed E-state index contributed by atoms with van der Waals surface area (Å²) in [6.45, 7) is 0. The molecule has 1 fully saturated rings. The fourth-order valence-corrected chi connectivity index (χ4v) is 3.82. The zero-order valence-corrected chi connectivity index (χ0v) is 12.9. The van der Waals surface area contributed by atoms with E-state index in [1.165, 1.54) is 6.42 Å². The predicted molar refractivity (Wildman–Crippen MR) is 80.6 cm³/mol. The fraction of sp³-hybridized carbons (Fsp3) is 0.533. The lowest BCUT2D eigenvalue weighted by Crippen LogP contribution is -2.39. The van der Waals surface area contributed by atoms with Gasteiger partial charge in [-0.05, 0) is 42.9 Å². The second-order valence-corrected chi connectivity index (χ2v) is 6.60. The van der Waals surface area contributed by atoms with Crippen LogP contribution < -0.4 is 5.32 Å². The molecular weight excluding hydrogens is 297 g/mol. The maximum Gasteiger partial charge on any atom is 0.228 e. The van der Waals surface area contributed by atoms with Gasteiger partial charge in [0.05, 0.1) is 17.4 Å². The second kappa shape index (κ2) is 5.21. The Bertz CT molecular complexity index is 550. The maximum atomic E-state index is 11.4. The van der Waals surface area contributed by atoms with Gasteiger partial charge in [0.2, 0.25) is 5.91 Å². The van der Waals surface area contributed by atoms with E-state index in [0.29, 0.717) is 11.4 Å². The van der Waals surface area contributed by atoms with Gasteiger partial charge < -0.3 is 10.1 Å². The van der Waals surface area contributed by atoms with Gasteiger partial charge in [-0.3, -0.25) is 4.79 Å². The number of benzene rings is 1. The smallest absolute Gasteiger partial charge is 0.228 e. The molecule has 108 valence electrons. The number of carbonyl (C=O) groups is 1. The van der Waals surface area contributed by atoms with Gasteiger partial charge in [0.15, 0.2) is 0 Å². The molecule has 0 bridgehead atoms. The summed E-state index contributed by atoms with van der Waals surface area (Å²) in [5.41, 5.74) is 2.58. The molecule has 1 aromatic rings. The summed E-state index contributed by atoms with van der Waals surface area (Å²) < 4.78 is 5.62. The van der Waals surface area contributed by atoms with Crippen LogP contribution in [-0.2, 0) is 16.0 Å². The van der Waals surface area contributed by atoms with Crippen molar-refractivity contribution in [3.05, 3.63) is 28.3 Å². The summed E-state index contributed by atoms with van der Waals surface area (Å²) in [5, 5.41) is 3.21. The van der Waals surface area contributed by atoms with E-state index in [9.17, 15) is 4.79 Å². The number of amides is 1. The monoisotopic (exact) mass is 313 g/mol. The van der Waals surface area contributed by atoms with Crippen molar-refractivity contribution >= 4 is 34.8 Å². The highest BCUT2D eigenvalue weighted by atomic mass is 35.5. The van der Waals surface area contributed by atoms with E-state index >= 15 is 0 Å². The van der Waals surface area contributed by atoms with Gasteiger partial charge in [-0.25, -0.2) is 0 Å². The topological polar surface area (TPSA) is 38.3 Å². The van der Waals surface area contributed by atoms with Crippen molar-refractivity contribution in [2.45, 2.75) is 43.1 Å². The Hall–Kier alpha value is -0.770. The molecule has 0 spiro atoms. The first kappa shape index (κ1) is 14.2. The number of carbonyl (C=O) groups excluding carboxylic acids is 1. The maximum absolute atomic E-state index is 11.4. The molecule has 1 amide bonds. The van der Waals surface area contributed by atoms with Crippen LogP contribution in [0.2, 0.25) is 5.02 Å². The van der Waals surface area contributed by atoms with Crippen LogP contribution in [0.4, 0.5) is 5.69 Å². The molecule has 0 aromatic heterocycles. The molecule has 5 heteroatoms. The molecule has 1 N–H and O–H groups in total. The lowest BCUT2D eigenvalue weighted by molar-refractivity contribution is -0.115. The Morgan fingerprint density at radius 1 is 1.45 bits per heavy atom. The van der Waals surface area contributed by atoms with Crippen molar-refractivity contribution in [1.82, 2.24) is 0 Å². The van der Waals surface area contributed by atoms with E-state index in [0.717, 1.165) is 36.1 Å². The number of hydrogen-bond acceptors (Lipinski definition) is 2. The lowest BCUT2D eigenvalue weighted by atomic mass is 9.76. The Morgan fingerprint density at radius 2 is 2.20 bits per heavy atom. The fourth-order valence-electron chi connectivity index (χ4n) is 3.01. The molecule has 1 unspecified atom stereocenters. The predicted octanol–water partition coefficient (Wildman–Crippen LogP) is 4.07. The summed E-state index contributed by atoms with van der Waals surface area (Å²) in [7, 11) is 1.75. The highest BCUT2D eigenvalue weighted by Crippen LogP contribution is 2.46. The van der Waals surface area contributed by atoms with Crippen molar-refractivity contribution in [2.75, 3.05) is 12.4 Å². The third-order valence-corrected chi connectivity index (χ3v) is 5.15. The average Bonchev–Trinajstić information content (AvgIpc) is 2.71. The summed E-state index contributed by atoms with van der Waals surface area (Å²) >= 11 is 12.9. The molecule has 20 heavy (non-hydrogen) atoms. The van der Waals surface area contributed by atoms with Gasteiger partial charge in [-0.1, -0.05) is 17.7 Å². The number of hydrogen-bond donors (Lipinski definition) is 1. The van der Waals surface area contributed by atoms with E-state index < -0.39 is 0 Å². The third-order valence-electron chi connectivity index (χ3n) is 4.43. The van der Waals surface area contributed by atoms with Gasteiger partial charge in [-0.2, -0.15) is 0 Å². The summed E-state index contributed by atoms with van der Waals surface area (Å²) in [4.78, 5) is 11.4. The molecule has 1 aromatic carbocycles. The summed E-state index contributed by atoms with van der Waals surface area (Å²) in [5.74, 6) is 0.00620. The van der Waals surface area contributed by atoms with Crippen LogP contribution in [-0.4, -0.2) is 18.6 Å². The Morgan fingerprint density at radius 3 is 2.80 bits per heavy atom. The van der Waals surface area contributed by atoms with Crippen molar-refractivity contribution in [3.63, 3.8) is 0 Å². The first-order valence-corrected chi connectivity index (χ1v) is 7.66. The molecule has 1 aliphatic carbocycles. The molecule has 1 atom stereocenters. The van der Waals surface area contributed by atoms with E-state index in [4.69, 9.17) is 27.9 Å². The number of ether oxygens (including phenoxy) is 1. The molecule has 0 saturated heterocycles. The van der Waals surface area contributed by atoms with Crippen molar-refractivity contribution in [2.24, 2.45) is 0 Å². The Balaban J connectivity index is 1.83. The highest BCUT2D eigenvalue weighted by molar-refractivity contribution is 6.33. The van der Waals surface area contributed by atoms with Gasteiger partial charge in [-0.15, -0.1) is 11.6 Å². The molecular formula is C15H17Cl2NO2. The third kappa shape index (κ3) is 2.43. The SMILES string of the molecule is COC1(CC(Cl)c2cc3c(cc2Cl)NC(=O)C3)CCC1. The van der Waals surface area contributed by atoms with E-state index in [-0.39, 0.29) is 16.9 Å². The molecule has 1 heterocycles. The quantitative estimate of drug-likeness (QED) is 0.851. The lowest BCUT2D eigenvalue weighted by Gasteiger charge is -2.42. The minimum atomic E-state index is -0.191. The van der Waals surface area contributed by atoms with Crippen LogP contribution in [0.3, 0.4) is 0 Å². The molecule has 3 rings (SSSR count). The van der Waals surface area contributed by atoms with E-state index in [1.54, 1.807) is 13.2 Å². The molecule has 3 nitrogen and oxygen atoms in total. The van der Waals surface area contributed by atoms with Gasteiger partial charge in [0, 0.05) is 17.8 Å². The highest BCUT2D eigenvalue weighted by Gasteiger charge is 2.39. The number of halogens is 2. The normalized spacial score (nSPS) is 21.1. The Kier molecular flexibility index (Phi) is 3.69. The standard InChI is InChI=1S/C15H17Cl2NO2/c1-20-15(3-2-4-15)8-12(17)10-5-9-6-14(19)18-13(9)7-11(10)16/h5,7,12H,2-4,6,8H2,1H3,(H,18,19). The van der Waals surface area contributed by atoms with Gasteiger partial charge >= 0.3 is 0 Å². The second-order valence-electron chi connectivity index (χ2n) is 5.67. The molecule has 2 aliphatic rings. The van der Waals surface area contributed by atoms with Crippen LogP contribution >= 0.6 is 23.2 Å². The van der Waals surface area contributed by atoms with Crippen molar-refractivity contribution in [1.29, 1.82) is 0 Å². The number of rotatable bonds is 4. The zero-order valence-electron chi connectivity index (χ0n) is 11.3. The minimum Gasteiger partial charge on any atom is -0.378 e. The number of methoxy groups -OCH3 is 1. The van der Waals surface area contributed by atoms with Crippen LogP contribution in [0.25, 0.3) is 0 Å². The zero-order chi connectivity index (χ0) is 14.3. The average molecular weight is 314 g/mol. The minimum absolute atomic E-state index is 0.00620. The number of fused-ring (bicyclic) bond motifs is 1.